The summed E-state index contributed by atoms with van der Waals surface area (Å²) >= 11 is 1.49. The van der Waals surface area contributed by atoms with Crippen molar-refractivity contribution in [1.82, 2.24) is 0 Å². The average molecular weight is 484 g/mol. The molecule has 0 heterocycles. The summed E-state index contributed by atoms with van der Waals surface area (Å²) in [5.74, 6) is 0. The van der Waals surface area contributed by atoms with Crippen LogP contribution in [0.4, 0.5) is 0 Å². The topological polar surface area (TPSA) is 20.2 Å². The molecular formula is C21H25Cl2OSiZr. The first kappa shape index (κ1) is 23.9. The Labute approximate surface area is 186 Å². The van der Waals surface area contributed by atoms with Crippen LogP contribution >= 0.6 is 0 Å². The van der Waals surface area contributed by atoms with Crippen LogP contribution in [-0.4, -0.2) is 19.8 Å². The first-order chi connectivity index (χ1) is 11.4. The molecule has 1 nitrogen and oxygen atoms in total. The van der Waals surface area contributed by atoms with Gasteiger partial charge in [0.25, 0.3) is 0 Å². The number of hydrogen-bond acceptors (Lipinski definition) is 1. The maximum atomic E-state index is 9.52. The quantitative estimate of drug-likeness (QED) is 0.560. The second-order valence-electron chi connectivity index (χ2n) is 7.53. The molecule has 0 radical (unpaired) electrons. The molecule has 2 aliphatic rings. The van der Waals surface area contributed by atoms with Crippen LogP contribution in [0.15, 0.2) is 58.3 Å². The molecule has 0 fully saturated rings. The SMILES string of the molecule is CC(C)=C1C(C2=C([Si](C)(C)CCO)C=CC2)=[C]([Zr+2])c2ccccc21.[Cl-].[Cl-]. The first-order valence-corrected chi connectivity index (χ1v) is 13.1. The summed E-state index contributed by atoms with van der Waals surface area (Å²) in [6.45, 7) is 9.55. The van der Waals surface area contributed by atoms with Crippen molar-refractivity contribution in [2.24, 2.45) is 0 Å². The van der Waals surface area contributed by atoms with E-state index in [9.17, 15) is 5.11 Å². The zero-order valence-electron chi connectivity index (χ0n) is 15.8. The van der Waals surface area contributed by atoms with E-state index in [1.54, 1.807) is 0 Å². The number of allylic oxidation sites excluding steroid dienone is 7. The van der Waals surface area contributed by atoms with Gasteiger partial charge >= 0.3 is 162 Å². The number of halogens is 2. The number of rotatable bonds is 4. The van der Waals surface area contributed by atoms with Crippen molar-refractivity contribution in [3.05, 3.63) is 69.5 Å². The van der Waals surface area contributed by atoms with Crippen molar-refractivity contribution in [3.8, 4) is 0 Å². The van der Waals surface area contributed by atoms with Gasteiger partial charge in [0.05, 0.1) is 0 Å². The van der Waals surface area contributed by atoms with Crippen LogP contribution < -0.4 is 24.8 Å². The van der Waals surface area contributed by atoms with Gasteiger partial charge in [-0.15, -0.1) is 0 Å². The summed E-state index contributed by atoms with van der Waals surface area (Å²) < 4.78 is 1.50. The molecule has 1 aromatic carbocycles. The Morgan fingerprint density at radius 3 is 2.31 bits per heavy atom. The monoisotopic (exact) mass is 481 g/mol. The molecule has 0 amide bonds. The number of benzene rings is 1. The molecule has 0 spiro atoms. The Kier molecular flexibility index (Phi) is 8.58. The Hall–Kier alpha value is -0.180. The van der Waals surface area contributed by atoms with Crippen LogP contribution in [0.5, 0.6) is 0 Å². The zero-order valence-corrected chi connectivity index (χ0v) is 20.8. The fourth-order valence-corrected chi connectivity index (χ4v) is 7.58. The summed E-state index contributed by atoms with van der Waals surface area (Å²) in [5, 5.41) is 11.1. The molecule has 0 saturated carbocycles. The maximum absolute atomic E-state index is 9.52. The van der Waals surface area contributed by atoms with E-state index in [4.69, 9.17) is 0 Å². The van der Waals surface area contributed by atoms with Crippen molar-refractivity contribution < 1.29 is 54.6 Å². The van der Waals surface area contributed by atoms with Crippen molar-refractivity contribution in [2.45, 2.75) is 39.4 Å². The Balaban J connectivity index is 0.00000169. The van der Waals surface area contributed by atoms with Crippen molar-refractivity contribution >= 4 is 16.9 Å². The van der Waals surface area contributed by atoms with Gasteiger partial charge in [-0.2, -0.15) is 0 Å². The molecule has 137 valence electrons. The van der Waals surface area contributed by atoms with E-state index in [-0.39, 0.29) is 24.8 Å². The van der Waals surface area contributed by atoms with Gasteiger partial charge in [0.2, 0.25) is 0 Å². The molecule has 1 aromatic rings. The van der Waals surface area contributed by atoms with Gasteiger partial charge < -0.3 is 24.8 Å². The number of aliphatic hydroxyl groups is 1. The molecule has 5 heteroatoms. The first-order valence-electron chi connectivity index (χ1n) is 8.63. The molecule has 26 heavy (non-hydrogen) atoms. The van der Waals surface area contributed by atoms with Gasteiger partial charge in [-0.1, -0.05) is 0 Å². The molecule has 0 atom stereocenters. The van der Waals surface area contributed by atoms with Gasteiger partial charge in [-0.3, -0.25) is 0 Å². The smallest absolute Gasteiger partial charge is 1.00 e. The average Bonchev–Trinajstić information content (AvgIpc) is 3.11. The Morgan fingerprint density at radius 2 is 1.73 bits per heavy atom. The van der Waals surface area contributed by atoms with Crippen LogP contribution in [0.1, 0.15) is 31.4 Å². The van der Waals surface area contributed by atoms with Crippen LogP contribution in [0.2, 0.25) is 19.1 Å². The van der Waals surface area contributed by atoms with E-state index in [1.165, 1.54) is 66.6 Å². The van der Waals surface area contributed by atoms with Gasteiger partial charge in [0.15, 0.2) is 0 Å². The fraction of sp³-hybridized carbons (Fsp3) is 0.333. The predicted molar refractivity (Wildman–Crippen MR) is 102 cm³/mol. The summed E-state index contributed by atoms with van der Waals surface area (Å²) in [7, 11) is -1.60. The summed E-state index contributed by atoms with van der Waals surface area (Å²) in [6.07, 6.45) is 5.70. The molecule has 1 N–H and O–H groups in total. The summed E-state index contributed by atoms with van der Waals surface area (Å²) in [4.78, 5) is 0. The molecular weight excluding hydrogens is 458 g/mol. The van der Waals surface area contributed by atoms with Crippen LogP contribution in [0.25, 0.3) is 8.85 Å². The minimum atomic E-state index is -1.60. The molecule has 0 bridgehead atoms. The number of hydrogen-bond donors (Lipinski definition) is 1. The third-order valence-electron chi connectivity index (χ3n) is 5.17. The van der Waals surface area contributed by atoms with Crippen LogP contribution in [-0.2, 0) is 24.7 Å². The van der Waals surface area contributed by atoms with Gasteiger partial charge in [0.1, 0.15) is 0 Å². The van der Waals surface area contributed by atoms with E-state index < -0.39 is 8.07 Å². The Bertz CT molecular complexity index is 815. The minimum Gasteiger partial charge on any atom is -1.00 e. The van der Waals surface area contributed by atoms with E-state index >= 15 is 0 Å². The van der Waals surface area contributed by atoms with Gasteiger partial charge in [0, 0.05) is 0 Å². The summed E-state index contributed by atoms with van der Waals surface area (Å²) in [5.41, 5.74) is 8.69. The second-order valence-corrected chi connectivity index (χ2v) is 13.6. The third-order valence-corrected chi connectivity index (χ3v) is 9.84. The predicted octanol–water partition coefficient (Wildman–Crippen LogP) is -0.744. The standard InChI is InChI=1S/C21H25OSi.2ClH.Zr/c1-15(2)21-17-9-6-5-8-16(17)14-19(21)18-10-7-11-20(18)23(3,4)13-12-22;;;/h5-9,11,22H,10,12-13H2,1-4H3;2*1H;/q;;;+2/p-2. The van der Waals surface area contributed by atoms with Crippen LogP contribution in [0, 0.1) is 0 Å². The van der Waals surface area contributed by atoms with E-state index in [0.717, 1.165) is 12.5 Å². The largest absolute Gasteiger partial charge is 1.00 e. The van der Waals surface area contributed by atoms with Crippen molar-refractivity contribution in [1.29, 1.82) is 0 Å². The number of fused-ring (bicyclic) bond motifs is 1. The van der Waals surface area contributed by atoms with Crippen molar-refractivity contribution in [3.63, 3.8) is 0 Å². The fourth-order valence-electron chi connectivity index (χ4n) is 3.92. The van der Waals surface area contributed by atoms with E-state index in [2.05, 4.69) is 63.4 Å². The molecule has 0 saturated heterocycles. The van der Waals surface area contributed by atoms with E-state index in [0.29, 0.717) is 6.61 Å². The molecule has 0 aliphatic heterocycles. The van der Waals surface area contributed by atoms with Gasteiger partial charge in [-0.25, -0.2) is 0 Å². The van der Waals surface area contributed by atoms with E-state index in [1.807, 2.05) is 0 Å². The molecule has 0 aromatic heterocycles. The van der Waals surface area contributed by atoms with Crippen LogP contribution in [0.3, 0.4) is 0 Å². The maximum Gasteiger partial charge on any atom is -1.00 e. The second kappa shape index (κ2) is 9.34. The Morgan fingerprint density at radius 1 is 1.12 bits per heavy atom. The minimum absolute atomic E-state index is 0. The van der Waals surface area contributed by atoms with Crippen molar-refractivity contribution in [2.75, 3.05) is 6.61 Å². The molecule has 0 unspecified atom stereocenters. The molecule has 2 aliphatic carbocycles. The zero-order chi connectivity index (χ0) is 17.5. The normalized spacial score (nSPS) is 15.9. The summed E-state index contributed by atoms with van der Waals surface area (Å²) in [6, 6.07) is 9.79. The molecule has 3 rings (SSSR count). The third kappa shape index (κ3) is 4.13. The number of aliphatic hydroxyl groups excluding tert-OH is 1. The van der Waals surface area contributed by atoms with Gasteiger partial charge in [-0.05, 0) is 0 Å².